The van der Waals surface area contributed by atoms with E-state index >= 15 is 0 Å². The van der Waals surface area contributed by atoms with Gasteiger partial charge in [-0.15, -0.1) is 0 Å². The second kappa shape index (κ2) is 3.43. The van der Waals surface area contributed by atoms with Crippen molar-refractivity contribution >= 4 is 17.9 Å². The van der Waals surface area contributed by atoms with Crippen molar-refractivity contribution in [3.8, 4) is 0 Å². The van der Waals surface area contributed by atoms with Crippen molar-refractivity contribution in [2.24, 2.45) is 11.8 Å². The van der Waals surface area contributed by atoms with Crippen LogP contribution in [0.2, 0.25) is 0 Å². The third kappa shape index (κ3) is 1.42. The summed E-state index contributed by atoms with van der Waals surface area (Å²) in [6.07, 6.45) is 5.05. The van der Waals surface area contributed by atoms with Crippen molar-refractivity contribution in [3.63, 3.8) is 0 Å². The maximum Gasteiger partial charge on any atom is 0.144 e. The summed E-state index contributed by atoms with van der Waals surface area (Å²) in [7, 11) is 0. The number of fused-ring (bicyclic) bond motifs is 2. The Hall–Kier alpha value is -0.340. The Morgan fingerprint density at radius 3 is 2.69 bits per heavy atom. The molecular formula is C10H13ClO2. The van der Waals surface area contributed by atoms with Crippen LogP contribution in [0.1, 0.15) is 19.8 Å². The van der Waals surface area contributed by atoms with Gasteiger partial charge in [-0.3, -0.25) is 4.79 Å². The molecule has 0 aromatic carbocycles. The molecule has 0 aromatic heterocycles. The quantitative estimate of drug-likeness (QED) is 0.504. The number of rotatable bonds is 2. The van der Waals surface area contributed by atoms with Gasteiger partial charge in [-0.1, -0.05) is 18.5 Å². The van der Waals surface area contributed by atoms with Crippen LogP contribution in [-0.4, -0.2) is 18.5 Å². The van der Waals surface area contributed by atoms with E-state index in [1.807, 2.05) is 0 Å². The van der Waals surface area contributed by atoms with Gasteiger partial charge < -0.3 is 4.74 Å². The predicted octanol–water partition coefficient (Wildman–Crippen LogP) is 2.12. The SMILES string of the molecule is C[C@H]1[C@@H](/C(Cl)=C\C=O)[C@@H]2CC[C@H]1O2. The molecule has 2 fully saturated rings. The standard InChI is InChI=1S/C10H13ClO2/c1-6-8-2-3-9(13-8)10(6)7(11)4-5-12/h4-6,8-10H,2-3H2,1H3/b7-4+/t6-,8-,9+,10+/m1/s1. The molecule has 0 N–H and O–H groups in total. The van der Waals surface area contributed by atoms with E-state index in [4.69, 9.17) is 16.3 Å². The molecule has 2 saturated heterocycles. The lowest BCUT2D eigenvalue weighted by atomic mass is 9.80. The van der Waals surface area contributed by atoms with Crippen molar-refractivity contribution in [2.75, 3.05) is 0 Å². The third-order valence-electron chi connectivity index (χ3n) is 3.18. The van der Waals surface area contributed by atoms with Crippen molar-refractivity contribution < 1.29 is 9.53 Å². The fourth-order valence-electron chi connectivity index (χ4n) is 2.51. The molecule has 72 valence electrons. The van der Waals surface area contributed by atoms with Gasteiger partial charge in [-0.05, 0) is 24.8 Å². The number of aldehydes is 1. The number of allylic oxidation sites excluding steroid dienone is 1. The molecule has 2 heterocycles. The molecule has 0 saturated carbocycles. The molecular weight excluding hydrogens is 188 g/mol. The lowest BCUT2D eigenvalue weighted by Gasteiger charge is -2.23. The summed E-state index contributed by atoms with van der Waals surface area (Å²) < 4.78 is 5.72. The first kappa shape index (κ1) is 9.22. The maximum absolute atomic E-state index is 10.3. The van der Waals surface area contributed by atoms with Crippen LogP contribution in [0.25, 0.3) is 0 Å². The van der Waals surface area contributed by atoms with E-state index in [0.29, 0.717) is 17.1 Å². The van der Waals surface area contributed by atoms with Crippen LogP contribution in [0.4, 0.5) is 0 Å². The zero-order valence-electron chi connectivity index (χ0n) is 7.57. The Morgan fingerprint density at radius 2 is 2.15 bits per heavy atom. The smallest absolute Gasteiger partial charge is 0.144 e. The number of halogens is 1. The first-order valence-corrected chi connectivity index (χ1v) is 5.08. The van der Waals surface area contributed by atoms with Crippen molar-refractivity contribution in [2.45, 2.75) is 32.0 Å². The topological polar surface area (TPSA) is 26.3 Å². The lowest BCUT2D eigenvalue weighted by molar-refractivity contribution is -0.104. The van der Waals surface area contributed by atoms with Gasteiger partial charge in [0.15, 0.2) is 0 Å². The summed E-state index contributed by atoms with van der Waals surface area (Å²) >= 11 is 6.03. The second-order valence-electron chi connectivity index (χ2n) is 3.86. The summed E-state index contributed by atoms with van der Waals surface area (Å²) in [5, 5.41) is 0.662. The maximum atomic E-state index is 10.3. The molecule has 0 radical (unpaired) electrons. The van der Waals surface area contributed by atoms with Crippen LogP contribution in [-0.2, 0) is 9.53 Å². The van der Waals surface area contributed by atoms with Gasteiger partial charge in [0.1, 0.15) is 6.29 Å². The molecule has 0 unspecified atom stereocenters. The van der Waals surface area contributed by atoms with Gasteiger partial charge in [0, 0.05) is 11.0 Å². The number of hydrogen-bond donors (Lipinski definition) is 0. The van der Waals surface area contributed by atoms with Gasteiger partial charge in [0.25, 0.3) is 0 Å². The van der Waals surface area contributed by atoms with Crippen LogP contribution < -0.4 is 0 Å². The van der Waals surface area contributed by atoms with Crippen LogP contribution in [0, 0.1) is 11.8 Å². The molecule has 4 atom stereocenters. The average molecular weight is 201 g/mol. The van der Waals surface area contributed by atoms with Gasteiger partial charge in [0.2, 0.25) is 0 Å². The first-order valence-electron chi connectivity index (χ1n) is 4.70. The van der Waals surface area contributed by atoms with Crippen LogP contribution in [0.5, 0.6) is 0 Å². The first-order chi connectivity index (χ1) is 6.24. The van der Waals surface area contributed by atoms with Crippen molar-refractivity contribution in [3.05, 3.63) is 11.1 Å². The Bertz CT molecular complexity index is 247. The number of carbonyl (C=O) groups excluding carboxylic acids is 1. The minimum absolute atomic E-state index is 0.253. The van der Waals surface area contributed by atoms with Crippen molar-refractivity contribution in [1.29, 1.82) is 0 Å². The minimum atomic E-state index is 0.253. The van der Waals surface area contributed by atoms with E-state index in [-0.39, 0.29) is 12.0 Å². The molecule has 2 nitrogen and oxygen atoms in total. The lowest BCUT2D eigenvalue weighted by Crippen LogP contribution is -2.25. The molecule has 0 amide bonds. The highest BCUT2D eigenvalue weighted by atomic mass is 35.5. The van der Waals surface area contributed by atoms with Gasteiger partial charge in [-0.2, -0.15) is 0 Å². The molecule has 2 rings (SSSR count). The van der Waals surface area contributed by atoms with E-state index < -0.39 is 0 Å². The van der Waals surface area contributed by atoms with Crippen LogP contribution in [0.15, 0.2) is 11.1 Å². The molecule has 0 aliphatic carbocycles. The predicted molar refractivity (Wildman–Crippen MR) is 50.5 cm³/mol. The largest absolute Gasteiger partial charge is 0.374 e. The highest BCUT2D eigenvalue weighted by molar-refractivity contribution is 6.30. The molecule has 0 spiro atoms. The Balaban J connectivity index is 2.16. The van der Waals surface area contributed by atoms with Crippen molar-refractivity contribution in [1.82, 2.24) is 0 Å². The van der Waals surface area contributed by atoms with E-state index in [1.165, 1.54) is 6.08 Å². The van der Waals surface area contributed by atoms with Gasteiger partial charge >= 0.3 is 0 Å². The fourth-order valence-corrected chi connectivity index (χ4v) is 2.91. The van der Waals surface area contributed by atoms with E-state index in [1.54, 1.807) is 0 Å². The van der Waals surface area contributed by atoms with E-state index in [2.05, 4.69) is 6.92 Å². The minimum Gasteiger partial charge on any atom is -0.374 e. The van der Waals surface area contributed by atoms with Gasteiger partial charge in [0.05, 0.1) is 12.2 Å². The number of hydrogen-bond acceptors (Lipinski definition) is 2. The molecule has 2 bridgehead atoms. The summed E-state index contributed by atoms with van der Waals surface area (Å²) in [6.45, 7) is 2.15. The highest BCUT2D eigenvalue weighted by Crippen LogP contribution is 2.47. The van der Waals surface area contributed by atoms with Gasteiger partial charge in [-0.25, -0.2) is 0 Å². The fraction of sp³-hybridized carbons (Fsp3) is 0.700. The summed E-state index contributed by atoms with van der Waals surface area (Å²) in [5.74, 6) is 0.716. The number of carbonyl (C=O) groups is 1. The summed E-state index contributed by atoms with van der Waals surface area (Å²) in [6, 6.07) is 0. The summed E-state index contributed by atoms with van der Waals surface area (Å²) in [5.41, 5.74) is 0. The van der Waals surface area contributed by atoms with E-state index in [0.717, 1.165) is 19.1 Å². The third-order valence-corrected chi connectivity index (χ3v) is 3.56. The Kier molecular flexibility index (Phi) is 2.43. The molecule has 2 aliphatic rings. The Labute approximate surface area is 82.9 Å². The molecule has 2 aliphatic heterocycles. The zero-order valence-corrected chi connectivity index (χ0v) is 8.33. The van der Waals surface area contributed by atoms with Crippen LogP contribution >= 0.6 is 11.6 Å². The van der Waals surface area contributed by atoms with Crippen LogP contribution in [0.3, 0.4) is 0 Å². The second-order valence-corrected chi connectivity index (χ2v) is 4.30. The van der Waals surface area contributed by atoms with E-state index in [9.17, 15) is 4.79 Å². The zero-order chi connectivity index (χ0) is 9.42. The highest BCUT2D eigenvalue weighted by Gasteiger charge is 2.47. The monoisotopic (exact) mass is 200 g/mol. The average Bonchev–Trinajstić information content (AvgIpc) is 2.63. The Morgan fingerprint density at radius 1 is 1.46 bits per heavy atom. The molecule has 3 heteroatoms. The molecule has 0 aromatic rings. The molecule has 13 heavy (non-hydrogen) atoms. The number of ether oxygens (including phenoxy) is 1. The summed E-state index contributed by atoms with van der Waals surface area (Å²) in [4.78, 5) is 10.3. The normalized spacial score (nSPS) is 44.0.